The molecule has 2 fully saturated rings. The molecule has 2 N–H and O–H groups in total. The van der Waals surface area contributed by atoms with Crippen LogP contribution in [0.15, 0.2) is 0 Å². The zero-order valence-corrected chi connectivity index (χ0v) is 12.6. The highest BCUT2D eigenvalue weighted by Gasteiger charge is 2.41. The molecule has 0 heterocycles. The molecule has 0 spiro atoms. The number of rotatable bonds is 6. The van der Waals surface area contributed by atoms with Crippen LogP contribution < -0.4 is 0 Å². The summed E-state index contributed by atoms with van der Waals surface area (Å²) in [7, 11) is 0. The van der Waals surface area contributed by atoms with Crippen LogP contribution in [0.3, 0.4) is 0 Å². The van der Waals surface area contributed by atoms with Gasteiger partial charge in [-0.1, -0.05) is 45.4 Å². The van der Waals surface area contributed by atoms with Gasteiger partial charge in [-0.2, -0.15) is 0 Å². The molecule has 112 valence electrons. The summed E-state index contributed by atoms with van der Waals surface area (Å²) >= 11 is 0. The number of hydrogen-bond acceptors (Lipinski definition) is 2. The largest absolute Gasteiger partial charge is 0.396 e. The van der Waals surface area contributed by atoms with E-state index in [0.717, 1.165) is 18.3 Å². The second kappa shape index (κ2) is 7.64. The van der Waals surface area contributed by atoms with Crippen LogP contribution in [0.1, 0.15) is 71.1 Å². The molecule has 19 heavy (non-hydrogen) atoms. The molecule has 0 amide bonds. The third-order valence-corrected chi connectivity index (χ3v) is 5.70. The van der Waals surface area contributed by atoms with Gasteiger partial charge in [0, 0.05) is 12.5 Å². The summed E-state index contributed by atoms with van der Waals surface area (Å²) in [6.07, 6.45) is 12.7. The Balaban J connectivity index is 1.77. The van der Waals surface area contributed by atoms with Crippen molar-refractivity contribution in [2.45, 2.75) is 77.2 Å². The quantitative estimate of drug-likeness (QED) is 0.720. The Kier molecular flexibility index (Phi) is 6.15. The fraction of sp³-hybridized carbons (Fsp3) is 1.00. The number of aliphatic hydroxyl groups is 2. The van der Waals surface area contributed by atoms with Crippen molar-refractivity contribution in [1.29, 1.82) is 0 Å². The van der Waals surface area contributed by atoms with Gasteiger partial charge >= 0.3 is 0 Å². The molecule has 0 bridgehead atoms. The van der Waals surface area contributed by atoms with E-state index in [1.807, 2.05) is 0 Å². The molecule has 0 aromatic carbocycles. The number of hydrogen-bond donors (Lipinski definition) is 2. The lowest BCUT2D eigenvalue weighted by Gasteiger charge is -2.45. The van der Waals surface area contributed by atoms with Gasteiger partial charge in [-0.15, -0.1) is 0 Å². The average molecular weight is 268 g/mol. The maximum Gasteiger partial charge on any atom is 0.0593 e. The first-order valence-corrected chi connectivity index (χ1v) is 8.55. The van der Waals surface area contributed by atoms with E-state index < -0.39 is 0 Å². The van der Waals surface area contributed by atoms with Crippen LogP contribution >= 0.6 is 0 Å². The first kappa shape index (κ1) is 15.3. The van der Waals surface area contributed by atoms with Crippen molar-refractivity contribution in [1.82, 2.24) is 0 Å². The van der Waals surface area contributed by atoms with Crippen molar-refractivity contribution in [2.24, 2.45) is 23.7 Å². The highest BCUT2D eigenvalue weighted by molar-refractivity contribution is 4.91. The number of fused-ring (bicyclic) bond motifs is 1. The van der Waals surface area contributed by atoms with E-state index in [0.29, 0.717) is 5.92 Å². The molecule has 0 aromatic rings. The van der Waals surface area contributed by atoms with Crippen LogP contribution in [-0.2, 0) is 0 Å². The van der Waals surface area contributed by atoms with Gasteiger partial charge in [0.15, 0.2) is 0 Å². The molecule has 0 radical (unpaired) electrons. The summed E-state index contributed by atoms with van der Waals surface area (Å²) in [5.41, 5.74) is 0. The molecule has 0 aromatic heterocycles. The predicted molar refractivity (Wildman–Crippen MR) is 78.9 cm³/mol. The van der Waals surface area contributed by atoms with Crippen LogP contribution in [0.25, 0.3) is 0 Å². The third kappa shape index (κ3) is 3.95. The topological polar surface area (TPSA) is 40.5 Å². The average Bonchev–Trinajstić information content (AvgIpc) is 2.43. The van der Waals surface area contributed by atoms with Crippen molar-refractivity contribution >= 4 is 0 Å². The van der Waals surface area contributed by atoms with Crippen LogP contribution in [0, 0.1) is 23.7 Å². The van der Waals surface area contributed by atoms with Gasteiger partial charge < -0.3 is 10.2 Å². The fourth-order valence-electron chi connectivity index (χ4n) is 4.54. The van der Waals surface area contributed by atoms with Crippen molar-refractivity contribution < 1.29 is 10.2 Å². The molecule has 2 rings (SSSR count). The molecule has 2 nitrogen and oxygen atoms in total. The maximum absolute atomic E-state index is 10.0. The van der Waals surface area contributed by atoms with Gasteiger partial charge in [-0.25, -0.2) is 0 Å². The Morgan fingerprint density at radius 1 is 1.00 bits per heavy atom. The van der Waals surface area contributed by atoms with E-state index in [9.17, 15) is 10.2 Å². The molecular formula is C17H32O2. The van der Waals surface area contributed by atoms with E-state index in [4.69, 9.17) is 0 Å². The maximum atomic E-state index is 10.0. The Hall–Kier alpha value is -0.0800. The van der Waals surface area contributed by atoms with Crippen molar-refractivity contribution in [3.63, 3.8) is 0 Å². The van der Waals surface area contributed by atoms with E-state index in [-0.39, 0.29) is 18.6 Å². The van der Waals surface area contributed by atoms with E-state index in [1.54, 1.807) is 0 Å². The lowest BCUT2D eigenvalue weighted by atomic mass is 9.62. The van der Waals surface area contributed by atoms with E-state index in [2.05, 4.69) is 6.92 Å². The SMILES string of the molecule is CCCCCCC1CCC2C(CCC(O)C2CO)C1. The molecule has 0 aliphatic heterocycles. The molecule has 2 heteroatoms. The highest BCUT2D eigenvalue weighted by atomic mass is 16.3. The van der Waals surface area contributed by atoms with Gasteiger partial charge in [-0.05, 0) is 43.4 Å². The Bertz CT molecular complexity index is 254. The molecule has 5 atom stereocenters. The third-order valence-electron chi connectivity index (χ3n) is 5.70. The summed E-state index contributed by atoms with van der Waals surface area (Å²) in [5.74, 6) is 2.47. The summed E-state index contributed by atoms with van der Waals surface area (Å²) in [5, 5.41) is 19.5. The van der Waals surface area contributed by atoms with Gasteiger partial charge in [0.2, 0.25) is 0 Å². The lowest BCUT2D eigenvalue weighted by molar-refractivity contribution is -0.0485. The van der Waals surface area contributed by atoms with Crippen LogP contribution in [0.5, 0.6) is 0 Å². The first-order valence-electron chi connectivity index (χ1n) is 8.55. The Morgan fingerprint density at radius 3 is 2.58 bits per heavy atom. The molecule has 0 saturated heterocycles. The van der Waals surface area contributed by atoms with E-state index in [1.165, 1.54) is 57.8 Å². The minimum Gasteiger partial charge on any atom is -0.396 e. The normalized spacial score (nSPS) is 39.0. The van der Waals surface area contributed by atoms with Crippen molar-refractivity contribution in [2.75, 3.05) is 6.61 Å². The highest BCUT2D eigenvalue weighted by Crippen LogP contribution is 2.46. The van der Waals surface area contributed by atoms with Gasteiger partial charge in [0.1, 0.15) is 0 Å². The summed E-state index contributed by atoms with van der Waals surface area (Å²) in [6, 6.07) is 0. The van der Waals surface area contributed by atoms with E-state index >= 15 is 0 Å². The Morgan fingerprint density at radius 2 is 1.84 bits per heavy atom. The smallest absolute Gasteiger partial charge is 0.0593 e. The molecule has 2 aliphatic rings. The second-order valence-corrected chi connectivity index (χ2v) is 6.94. The minimum atomic E-state index is -0.243. The zero-order chi connectivity index (χ0) is 13.7. The second-order valence-electron chi connectivity index (χ2n) is 6.94. The minimum absolute atomic E-state index is 0.166. The summed E-state index contributed by atoms with van der Waals surface area (Å²) in [4.78, 5) is 0. The summed E-state index contributed by atoms with van der Waals surface area (Å²) in [6.45, 7) is 2.46. The number of unbranched alkanes of at least 4 members (excludes halogenated alkanes) is 3. The molecule has 5 unspecified atom stereocenters. The van der Waals surface area contributed by atoms with Crippen LogP contribution in [0.2, 0.25) is 0 Å². The monoisotopic (exact) mass is 268 g/mol. The Labute approximate surface area is 118 Å². The predicted octanol–water partition coefficient (Wildman–Crippen LogP) is 3.75. The van der Waals surface area contributed by atoms with Crippen LogP contribution in [-0.4, -0.2) is 22.9 Å². The van der Waals surface area contributed by atoms with Gasteiger partial charge in [0.05, 0.1) is 6.10 Å². The lowest BCUT2D eigenvalue weighted by Crippen LogP contribution is -2.42. The summed E-state index contributed by atoms with van der Waals surface area (Å²) < 4.78 is 0. The molecule has 2 saturated carbocycles. The van der Waals surface area contributed by atoms with Gasteiger partial charge in [0.25, 0.3) is 0 Å². The standard InChI is InChI=1S/C17H32O2/c1-2-3-4-5-6-13-7-9-15-14(11-13)8-10-17(19)16(15)12-18/h13-19H,2-12H2,1H3. The number of aliphatic hydroxyl groups excluding tert-OH is 2. The van der Waals surface area contributed by atoms with Crippen molar-refractivity contribution in [3.8, 4) is 0 Å². The van der Waals surface area contributed by atoms with Gasteiger partial charge in [-0.3, -0.25) is 0 Å². The van der Waals surface area contributed by atoms with Crippen LogP contribution in [0.4, 0.5) is 0 Å². The van der Waals surface area contributed by atoms with Crippen molar-refractivity contribution in [3.05, 3.63) is 0 Å². The molecule has 2 aliphatic carbocycles. The fourth-order valence-corrected chi connectivity index (χ4v) is 4.54. The first-order chi connectivity index (χ1) is 9.26. The molecular weight excluding hydrogens is 236 g/mol. The zero-order valence-electron chi connectivity index (χ0n) is 12.6.